The summed E-state index contributed by atoms with van der Waals surface area (Å²) in [6.45, 7) is 0.759. The Bertz CT molecular complexity index is 420. The molecule has 0 radical (unpaired) electrons. The van der Waals surface area contributed by atoms with Crippen LogP contribution in [0.3, 0.4) is 0 Å². The molecule has 0 saturated carbocycles. The predicted octanol–water partition coefficient (Wildman–Crippen LogP) is 1.15. The number of carbonyl (C=O) groups excluding carboxylic acids is 2. The summed E-state index contributed by atoms with van der Waals surface area (Å²) in [4.78, 5) is 23.2. The zero-order valence-corrected chi connectivity index (χ0v) is 11.6. The molecule has 0 fully saturated rings. The summed E-state index contributed by atoms with van der Waals surface area (Å²) in [5, 5.41) is 0. The van der Waals surface area contributed by atoms with Gasteiger partial charge in [-0.1, -0.05) is 36.8 Å². The lowest BCUT2D eigenvalue weighted by molar-refractivity contribution is -0.147. The maximum absolute atomic E-state index is 11.7. The van der Waals surface area contributed by atoms with Crippen molar-refractivity contribution >= 4 is 11.8 Å². The van der Waals surface area contributed by atoms with Crippen molar-refractivity contribution in [2.24, 2.45) is 11.5 Å². The van der Waals surface area contributed by atoms with E-state index in [0.717, 1.165) is 18.4 Å². The quantitative estimate of drug-likeness (QED) is 0.401. The highest BCUT2D eigenvalue weighted by molar-refractivity contribution is 5.98. The van der Waals surface area contributed by atoms with Gasteiger partial charge in [0, 0.05) is 0 Å². The number of esters is 1. The van der Waals surface area contributed by atoms with E-state index in [9.17, 15) is 9.59 Å². The zero-order valence-electron chi connectivity index (χ0n) is 11.6. The van der Waals surface area contributed by atoms with Crippen molar-refractivity contribution in [1.82, 2.24) is 0 Å². The van der Waals surface area contributed by atoms with Crippen LogP contribution in [0, 0.1) is 0 Å². The van der Waals surface area contributed by atoms with E-state index in [4.69, 9.17) is 16.2 Å². The van der Waals surface area contributed by atoms with Crippen LogP contribution in [-0.2, 0) is 20.9 Å². The average molecular weight is 278 g/mol. The molecule has 0 aromatic heterocycles. The Hall–Kier alpha value is -1.72. The van der Waals surface area contributed by atoms with Crippen LogP contribution in [0.25, 0.3) is 0 Å². The maximum atomic E-state index is 11.7. The van der Waals surface area contributed by atoms with Crippen LogP contribution >= 0.6 is 0 Å². The third-order valence-corrected chi connectivity index (χ3v) is 2.94. The number of benzene rings is 1. The third kappa shape index (κ3) is 6.45. The summed E-state index contributed by atoms with van der Waals surface area (Å²) in [7, 11) is 0. The summed E-state index contributed by atoms with van der Waals surface area (Å²) >= 11 is 0. The fourth-order valence-electron chi connectivity index (χ4n) is 1.73. The molecule has 0 spiro atoms. The Morgan fingerprint density at radius 2 is 1.85 bits per heavy atom. The van der Waals surface area contributed by atoms with Crippen LogP contribution in [0.15, 0.2) is 30.3 Å². The number of rotatable bonds is 9. The van der Waals surface area contributed by atoms with Crippen molar-refractivity contribution < 1.29 is 14.3 Å². The van der Waals surface area contributed by atoms with Gasteiger partial charge in [0.2, 0.25) is 0 Å². The highest BCUT2D eigenvalue weighted by Gasteiger charge is 2.17. The minimum absolute atomic E-state index is 0.176. The van der Waals surface area contributed by atoms with Crippen LogP contribution in [0.4, 0.5) is 0 Å². The zero-order chi connectivity index (χ0) is 14.8. The minimum atomic E-state index is -0.606. The lowest BCUT2D eigenvalue weighted by atomic mass is 10.0. The molecule has 0 saturated heterocycles. The predicted molar refractivity (Wildman–Crippen MR) is 76.7 cm³/mol. The topological polar surface area (TPSA) is 95.4 Å². The lowest BCUT2D eigenvalue weighted by Gasteiger charge is -2.10. The average Bonchev–Trinajstić information content (AvgIpc) is 2.46. The van der Waals surface area contributed by atoms with Gasteiger partial charge in [0.1, 0.15) is 13.0 Å². The number of Topliss-reactive ketones (excluding diaryl/α,β-unsaturated/α-hetero) is 1. The van der Waals surface area contributed by atoms with E-state index in [2.05, 4.69) is 0 Å². The molecule has 0 aliphatic heterocycles. The van der Waals surface area contributed by atoms with Gasteiger partial charge >= 0.3 is 5.97 Å². The van der Waals surface area contributed by atoms with E-state index < -0.39 is 12.0 Å². The van der Waals surface area contributed by atoms with Crippen molar-refractivity contribution in [3.05, 3.63) is 35.9 Å². The largest absolute Gasteiger partial charge is 0.460 e. The van der Waals surface area contributed by atoms with E-state index >= 15 is 0 Å². The number of carbonyl (C=O) groups is 2. The molecule has 0 bridgehead atoms. The fraction of sp³-hybridized carbons (Fsp3) is 0.467. The lowest BCUT2D eigenvalue weighted by Crippen LogP contribution is -2.32. The van der Waals surface area contributed by atoms with Crippen molar-refractivity contribution in [3.63, 3.8) is 0 Å². The van der Waals surface area contributed by atoms with E-state index in [0.29, 0.717) is 13.0 Å². The first kappa shape index (κ1) is 16.3. The SMILES string of the molecule is NCCCC[C@H](N)C(=O)CC(=O)OCc1ccccc1. The van der Waals surface area contributed by atoms with Crippen molar-refractivity contribution in [2.75, 3.05) is 6.54 Å². The first-order chi connectivity index (χ1) is 9.63. The van der Waals surface area contributed by atoms with Crippen molar-refractivity contribution in [3.8, 4) is 0 Å². The molecule has 0 heterocycles. The molecule has 0 unspecified atom stereocenters. The highest BCUT2D eigenvalue weighted by Crippen LogP contribution is 2.05. The number of hydrogen-bond donors (Lipinski definition) is 2. The molecule has 1 atom stereocenters. The molecule has 0 aliphatic rings. The second-order valence-corrected chi connectivity index (χ2v) is 4.68. The molecular formula is C15H22N2O3. The fourth-order valence-corrected chi connectivity index (χ4v) is 1.73. The number of hydrogen-bond acceptors (Lipinski definition) is 5. The van der Waals surface area contributed by atoms with Gasteiger partial charge in [-0.2, -0.15) is 0 Å². The summed E-state index contributed by atoms with van der Waals surface area (Å²) < 4.78 is 5.04. The molecular weight excluding hydrogens is 256 g/mol. The molecule has 4 N–H and O–H groups in total. The first-order valence-corrected chi connectivity index (χ1v) is 6.81. The van der Waals surface area contributed by atoms with Gasteiger partial charge < -0.3 is 16.2 Å². The van der Waals surface area contributed by atoms with Crippen LogP contribution in [-0.4, -0.2) is 24.3 Å². The molecule has 5 heteroatoms. The summed E-state index contributed by atoms with van der Waals surface area (Å²) in [5.41, 5.74) is 12.0. The van der Waals surface area contributed by atoms with Crippen molar-refractivity contribution in [1.29, 1.82) is 0 Å². The normalized spacial score (nSPS) is 11.9. The van der Waals surface area contributed by atoms with E-state index in [1.807, 2.05) is 30.3 Å². The molecule has 1 aromatic rings. The third-order valence-electron chi connectivity index (χ3n) is 2.94. The Labute approximate surface area is 119 Å². The van der Waals surface area contributed by atoms with Crippen LogP contribution in [0.5, 0.6) is 0 Å². The molecule has 0 amide bonds. The van der Waals surface area contributed by atoms with Gasteiger partial charge in [0.15, 0.2) is 5.78 Å². The number of nitrogens with two attached hydrogens (primary N) is 2. The molecule has 110 valence electrons. The second-order valence-electron chi connectivity index (χ2n) is 4.68. The van der Waals surface area contributed by atoms with Gasteiger partial charge in [0.25, 0.3) is 0 Å². The first-order valence-electron chi connectivity index (χ1n) is 6.81. The molecule has 5 nitrogen and oxygen atoms in total. The number of ether oxygens (including phenoxy) is 1. The van der Waals surface area contributed by atoms with Crippen LogP contribution in [0.2, 0.25) is 0 Å². The highest BCUT2D eigenvalue weighted by atomic mass is 16.5. The minimum Gasteiger partial charge on any atom is -0.460 e. The van der Waals surface area contributed by atoms with Gasteiger partial charge in [-0.15, -0.1) is 0 Å². The molecule has 20 heavy (non-hydrogen) atoms. The van der Waals surface area contributed by atoms with E-state index in [-0.39, 0.29) is 18.8 Å². The maximum Gasteiger partial charge on any atom is 0.313 e. The van der Waals surface area contributed by atoms with Gasteiger partial charge in [0.05, 0.1) is 6.04 Å². The van der Waals surface area contributed by atoms with Crippen LogP contribution in [0.1, 0.15) is 31.2 Å². The van der Waals surface area contributed by atoms with Gasteiger partial charge in [-0.3, -0.25) is 9.59 Å². The Morgan fingerprint density at radius 3 is 2.50 bits per heavy atom. The Kier molecular flexibility index (Phi) is 7.54. The molecule has 0 aliphatic carbocycles. The Balaban J connectivity index is 2.25. The number of unbranched alkanes of at least 4 members (excludes halogenated alkanes) is 1. The van der Waals surface area contributed by atoms with Gasteiger partial charge in [-0.05, 0) is 24.9 Å². The van der Waals surface area contributed by atoms with Crippen LogP contribution < -0.4 is 11.5 Å². The van der Waals surface area contributed by atoms with Gasteiger partial charge in [-0.25, -0.2) is 0 Å². The Morgan fingerprint density at radius 1 is 1.15 bits per heavy atom. The number of ketones is 1. The molecule has 1 aromatic carbocycles. The van der Waals surface area contributed by atoms with E-state index in [1.54, 1.807) is 0 Å². The molecule has 1 rings (SSSR count). The summed E-state index contributed by atoms with van der Waals surface area (Å²) in [6.07, 6.45) is 1.92. The van der Waals surface area contributed by atoms with Crippen molar-refractivity contribution in [2.45, 2.75) is 38.3 Å². The standard InChI is InChI=1S/C15H22N2O3/c16-9-5-4-8-13(17)14(18)10-15(19)20-11-12-6-2-1-3-7-12/h1-3,6-7,13H,4-5,8-11,16-17H2/t13-/m0/s1. The summed E-state index contributed by atoms with van der Waals surface area (Å²) in [6, 6.07) is 8.71. The van der Waals surface area contributed by atoms with E-state index in [1.165, 1.54) is 0 Å². The summed E-state index contributed by atoms with van der Waals surface area (Å²) in [5.74, 6) is -0.812. The second kappa shape index (κ2) is 9.23. The smallest absolute Gasteiger partial charge is 0.313 e. The monoisotopic (exact) mass is 278 g/mol.